The molecule has 0 aliphatic rings. The Bertz CT molecular complexity index is 809. The molecule has 0 bridgehead atoms. The molecule has 0 N–H and O–H groups in total. The van der Waals surface area contributed by atoms with Gasteiger partial charge in [0, 0.05) is 6.92 Å². The van der Waals surface area contributed by atoms with Crippen LogP contribution in [0.2, 0.25) is 5.04 Å². The van der Waals surface area contributed by atoms with E-state index in [0.29, 0.717) is 5.57 Å². The van der Waals surface area contributed by atoms with E-state index in [-0.39, 0.29) is 24.2 Å². The Morgan fingerprint density at radius 1 is 1.04 bits per heavy atom. The lowest BCUT2D eigenvalue weighted by Crippen LogP contribution is -2.66. The van der Waals surface area contributed by atoms with Crippen molar-refractivity contribution in [1.29, 1.82) is 5.26 Å². The summed E-state index contributed by atoms with van der Waals surface area (Å²) in [6, 6.07) is 22.7. The highest BCUT2D eigenvalue weighted by Crippen LogP contribution is 2.36. The second kappa shape index (κ2) is 9.49. The van der Waals surface area contributed by atoms with Crippen LogP contribution in [-0.2, 0) is 14.0 Å². The van der Waals surface area contributed by atoms with Crippen LogP contribution in [0.1, 0.15) is 27.7 Å². The normalized spacial score (nSPS) is 12.3. The number of carbonyl (C=O) groups is 1. The number of benzene rings is 2. The smallest absolute Gasteiger partial charge is 0.302 e. The van der Waals surface area contributed by atoms with Gasteiger partial charge in [-0.15, -0.1) is 0 Å². The third-order valence-electron chi connectivity index (χ3n) is 4.62. The van der Waals surface area contributed by atoms with Crippen LogP contribution in [0.15, 0.2) is 72.3 Å². The average Bonchev–Trinajstić information content (AvgIpc) is 2.67. The maximum absolute atomic E-state index is 11.0. The van der Waals surface area contributed by atoms with Gasteiger partial charge in [0.25, 0.3) is 8.32 Å². The largest absolute Gasteiger partial charge is 0.462 e. The molecule has 146 valence electrons. The molecule has 0 fully saturated rings. The Balaban J connectivity index is 2.47. The number of hydrogen-bond donors (Lipinski definition) is 0. The standard InChI is InChI=1S/C23H27NO3Si/c1-19(25)26-16-15-20(17-24)18-27-28(23(2,3)4,21-11-7-5-8-12-21)22-13-9-6-10-14-22/h5-15H,16,18H2,1-4H3/b20-15+. The minimum atomic E-state index is -2.69. The predicted octanol–water partition coefficient (Wildman–Crippen LogP) is 3.58. The van der Waals surface area contributed by atoms with Gasteiger partial charge in [0.1, 0.15) is 6.61 Å². The molecule has 0 aromatic heterocycles. The molecule has 0 aliphatic heterocycles. The zero-order chi connectivity index (χ0) is 20.6. The lowest BCUT2D eigenvalue weighted by Gasteiger charge is -2.43. The molecule has 0 radical (unpaired) electrons. The molecule has 5 heteroatoms. The van der Waals surface area contributed by atoms with Crippen LogP contribution < -0.4 is 10.4 Å². The summed E-state index contributed by atoms with van der Waals surface area (Å²) in [6.45, 7) is 8.15. The third-order valence-corrected chi connectivity index (χ3v) is 9.60. The Morgan fingerprint density at radius 3 is 1.93 bits per heavy atom. The molecule has 0 heterocycles. The van der Waals surface area contributed by atoms with Crippen LogP contribution in [0.4, 0.5) is 0 Å². The van der Waals surface area contributed by atoms with E-state index in [2.05, 4.69) is 51.1 Å². The number of nitrogens with zero attached hydrogens (tertiary/aromatic N) is 1. The Labute approximate surface area is 168 Å². The van der Waals surface area contributed by atoms with Crippen LogP contribution in [0, 0.1) is 11.3 Å². The van der Waals surface area contributed by atoms with E-state index >= 15 is 0 Å². The van der Waals surface area contributed by atoms with Gasteiger partial charge in [-0.25, -0.2) is 0 Å². The molecule has 0 spiro atoms. The summed E-state index contributed by atoms with van der Waals surface area (Å²) in [5.41, 5.74) is 0.453. The van der Waals surface area contributed by atoms with Gasteiger partial charge >= 0.3 is 5.97 Å². The zero-order valence-electron chi connectivity index (χ0n) is 16.9. The number of carbonyl (C=O) groups excluding carboxylic acids is 1. The molecule has 0 atom stereocenters. The topological polar surface area (TPSA) is 59.3 Å². The van der Waals surface area contributed by atoms with Gasteiger partial charge in [0.15, 0.2) is 0 Å². The summed E-state index contributed by atoms with van der Waals surface area (Å²) >= 11 is 0. The van der Waals surface area contributed by atoms with Gasteiger partial charge in [0.05, 0.1) is 18.2 Å². The van der Waals surface area contributed by atoms with Crippen LogP contribution in [0.25, 0.3) is 0 Å². The molecule has 2 rings (SSSR count). The monoisotopic (exact) mass is 393 g/mol. The molecular weight excluding hydrogens is 366 g/mol. The first-order valence-corrected chi connectivity index (χ1v) is 11.2. The molecule has 2 aromatic rings. The lowest BCUT2D eigenvalue weighted by molar-refractivity contribution is -0.139. The molecule has 0 amide bonds. The Hall–Kier alpha value is -2.68. The first-order chi connectivity index (χ1) is 13.3. The first-order valence-electron chi connectivity index (χ1n) is 9.29. The summed E-state index contributed by atoms with van der Waals surface area (Å²) in [6.07, 6.45) is 1.61. The Morgan fingerprint density at radius 2 is 1.54 bits per heavy atom. The molecule has 4 nitrogen and oxygen atoms in total. The van der Waals surface area contributed by atoms with Gasteiger partial charge in [-0.2, -0.15) is 5.26 Å². The van der Waals surface area contributed by atoms with E-state index in [4.69, 9.17) is 9.16 Å². The van der Waals surface area contributed by atoms with Crippen molar-refractivity contribution in [3.05, 3.63) is 72.3 Å². The first kappa shape index (κ1) is 21.6. The van der Waals surface area contributed by atoms with Crippen LogP contribution in [0.3, 0.4) is 0 Å². The number of rotatable bonds is 7. The van der Waals surface area contributed by atoms with E-state index in [1.807, 2.05) is 36.4 Å². The molecule has 0 saturated carbocycles. The van der Waals surface area contributed by atoms with E-state index in [0.717, 1.165) is 10.4 Å². The molecular formula is C23H27NO3Si. The minimum absolute atomic E-state index is 0.0718. The second-order valence-corrected chi connectivity index (χ2v) is 11.9. The highest BCUT2D eigenvalue weighted by Gasteiger charge is 2.50. The summed E-state index contributed by atoms with van der Waals surface area (Å²) < 4.78 is 11.6. The van der Waals surface area contributed by atoms with Crippen LogP contribution >= 0.6 is 0 Å². The molecule has 0 unspecified atom stereocenters. The van der Waals surface area contributed by atoms with Crippen LogP contribution in [0.5, 0.6) is 0 Å². The highest BCUT2D eigenvalue weighted by molar-refractivity contribution is 6.99. The zero-order valence-corrected chi connectivity index (χ0v) is 17.9. The SMILES string of the molecule is CC(=O)OC/C=C(\C#N)CO[Si](c1ccccc1)(c1ccccc1)C(C)(C)C. The van der Waals surface area contributed by atoms with Crippen molar-refractivity contribution in [3.8, 4) is 6.07 Å². The lowest BCUT2D eigenvalue weighted by atomic mass is 10.2. The van der Waals surface area contributed by atoms with E-state index in [9.17, 15) is 10.1 Å². The maximum atomic E-state index is 11.0. The minimum Gasteiger partial charge on any atom is -0.462 e. The van der Waals surface area contributed by atoms with Crippen LogP contribution in [-0.4, -0.2) is 27.5 Å². The van der Waals surface area contributed by atoms with Crippen molar-refractivity contribution in [3.63, 3.8) is 0 Å². The summed E-state index contributed by atoms with van der Waals surface area (Å²) in [7, 11) is -2.69. The third kappa shape index (κ3) is 4.97. The van der Waals surface area contributed by atoms with Crippen molar-refractivity contribution in [2.24, 2.45) is 0 Å². The molecule has 0 aliphatic carbocycles. The highest BCUT2D eigenvalue weighted by atomic mass is 28.4. The number of nitriles is 1. The predicted molar refractivity (Wildman–Crippen MR) is 114 cm³/mol. The maximum Gasteiger partial charge on any atom is 0.302 e. The van der Waals surface area contributed by atoms with E-state index < -0.39 is 8.32 Å². The van der Waals surface area contributed by atoms with Crippen molar-refractivity contribution in [1.82, 2.24) is 0 Å². The molecule has 0 saturated heterocycles. The second-order valence-electron chi connectivity index (χ2n) is 7.60. The summed E-state index contributed by atoms with van der Waals surface area (Å²) in [5.74, 6) is -0.374. The summed E-state index contributed by atoms with van der Waals surface area (Å²) in [5, 5.41) is 11.7. The van der Waals surface area contributed by atoms with Crippen molar-refractivity contribution >= 4 is 24.7 Å². The van der Waals surface area contributed by atoms with Crippen molar-refractivity contribution < 1.29 is 14.0 Å². The molecule has 2 aromatic carbocycles. The van der Waals surface area contributed by atoms with Gasteiger partial charge in [-0.1, -0.05) is 81.4 Å². The fourth-order valence-electron chi connectivity index (χ4n) is 3.34. The van der Waals surface area contributed by atoms with Gasteiger partial charge in [-0.3, -0.25) is 4.79 Å². The van der Waals surface area contributed by atoms with Gasteiger partial charge < -0.3 is 9.16 Å². The fraction of sp³-hybridized carbons (Fsp3) is 0.304. The number of esters is 1. The van der Waals surface area contributed by atoms with Crippen molar-refractivity contribution in [2.45, 2.75) is 32.7 Å². The van der Waals surface area contributed by atoms with E-state index in [1.54, 1.807) is 6.08 Å². The summed E-state index contributed by atoms with van der Waals surface area (Å²) in [4.78, 5) is 11.0. The van der Waals surface area contributed by atoms with E-state index in [1.165, 1.54) is 6.92 Å². The average molecular weight is 394 g/mol. The number of hydrogen-bond acceptors (Lipinski definition) is 4. The fourth-order valence-corrected chi connectivity index (χ4v) is 7.87. The van der Waals surface area contributed by atoms with Gasteiger partial charge in [-0.05, 0) is 21.5 Å². The van der Waals surface area contributed by atoms with Gasteiger partial charge in [0.2, 0.25) is 0 Å². The van der Waals surface area contributed by atoms with Crippen molar-refractivity contribution in [2.75, 3.05) is 13.2 Å². The molecule has 28 heavy (non-hydrogen) atoms. The number of ether oxygens (including phenoxy) is 1. The Kier molecular flexibility index (Phi) is 7.33. The quantitative estimate of drug-likeness (QED) is 0.410.